The van der Waals surface area contributed by atoms with E-state index in [1.165, 1.54) is 11.1 Å². The van der Waals surface area contributed by atoms with Crippen LogP contribution in [0.4, 0.5) is 5.82 Å². The molecular formula is C13H16N4. The first-order chi connectivity index (χ1) is 8.29. The summed E-state index contributed by atoms with van der Waals surface area (Å²) in [5.41, 5.74) is 4.80. The van der Waals surface area contributed by atoms with E-state index in [0.29, 0.717) is 0 Å². The maximum absolute atomic E-state index is 4.65. The van der Waals surface area contributed by atoms with Gasteiger partial charge in [-0.1, -0.05) is 17.7 Å². The number of nitrogens with one attached hydrogen (secondary N) is 2. The monoisotopic (exact) mass is 228 g/mol. The number of hydrogen-bond donors (Lipinski definition) is 2. The van der Waals surface area contributed by atoms with Crippen molar-refractivity contribution in [3.8, 4) is 5.69 Å². The van der Waals surface area contributed by atoms with Gasteiger partial charge in [-0.2, -0.15) is 5.10 Å². The van der Waals surface area contributed by atoms with Crippen LogP contribution in [0, 0.1) is 6.92 Å². The predicted octanol–water partition coefficient (Wildman–Crippen LogP) is 1.83. The zero-order valence-corrected chi connectivity index (χ0v) is 10.1. The number of aromatic nitrogens is 2. The Kier molecular flexibility index (Phi) is 2.37. The minimum absolute atomic E-state index is 0.864. The van der Waals surface area contributed by atoms with Crippen molar-refractivity contribution in [2.75, 3.05) is 12.4 Å². The van der Waals surface area contributed by atoms with Gasteiger partial charge in [0.15, 0.2) is 0 Å². The van der Waals surface area contributed by atoms with E-state index in [9.17, 15) is 0 Å². The molecule has 0 unspecified atom stereocenters. The summed E-state index contributed by atoms with van der Waals surface area (Å²) in [4.78, 5) is 0. The van der Waals surface area contributed by atoms with Crippen LogP contribution in [0.5, 0.6) is 0 Å². The number of fused-ring (bicyclic) bond motifs is 1. The van der Waals surface area contributed by atoms with Crippen LogP contribution in [0.25, 0.3) is 5.69 Å². The Bertz CT molecular complexity index is 539. The molecule has 0 saturated heterocycles. The van der Waals surface area contributed by atoms with Gasteiger partial charge in [0.05, 0.1) is 11.4 Å². The lowest BCUT2D eigenvalue weighted by Crippen LogP contribution is -2.09. The van der Waals surface area contributed by atoms with Gasteiger partial charge in [-0.15, -0.1) is 0 Å². The van der Waals surface area contributed by atoms with Crippen LogP contribution >= 0.6 is 0 Å². The second-order valence-electron chi connectivity index (χ2n) is 4.37. The van der Waals surface area contributed by atoms with Crippen LogP contribution in [-0.2, 0) is 13.1 Å². The van der Waals surface area contributed by atoms with Crippen LogP contribution in [0.3, 0.4) is 0 Å². The minimum Gasteiger partial charge on any atom is -0.373 e. The number of nitrogens with zero attached hydrogens (tertiary/aromatic N) is 2. The van der Waals surface area contributed by atoms with Gasteiger partial charge in [-0.3, -0.25) is 0 Å². The van der Waals surface area contributed by atoms with Crippen molar-refractivity contribution >= 4 is 5.82 Å². The van der Waals surface area contributed by atoms with Crippen molar-refractivity contribution in [1.29, 1.82) is 0 Å². The van der Waals surface area contributed by atoms with Crippen LogP contribution in [-0.4, -0.2) is 16.8 Å². The Morgan fingerprint density at radius 1 is 1.24 bits per heavy atom. The fourth-order valence-corrected chi connectivity index (χ4v) is 2.26. The molecule has 0 spiro atoms. The molecule has 0 saturated carbocycles. The van der Waals surface area contributed by atoms with Gasteiger partial charge < -0.3 is 10.6 Å². The molecule has 4 heteroatoms. The largest absolute Gasteiger partial charge is 0.373 e. The fraction of sp³-hybridized carbons (Fsp3) is 0.308. The van der Waals surface area contributed by atoms with Crippen molar-refractivity contribution in [3.05, 3.63) is 41.1 Å². The van der Waals surface area contributed by atoms with Crippen molar-refractivity contribution in [2.45, 2.75) is 20.0 Å². The van der Waals surface area contributed by atoms with Gasteiger partial charge in [0.2, 0.25) is 0 Å². The van der Waals surface area contributed by atoms with Crippen LogP contribution in [0.1, 0.15) is 16.8 Å². The van der Waals surface area contributed by atoms with Crippen molar-refractivity contribution < 1.29 is 0 Å². The van der Waals surface area contributed by atoms with E-state index in [1.54, 1.807) is 0 Å². The SMILES string of the molecule is CNc1c2c(nn1-c1ccc(C)cc1)CNC2. The summed E-state index contributed by atoms with van der Waals surface area (Å²) in [6.07, 6.45) is 0. The molecule has 1 aliphatic heterocycles. The molecule has 0 aliphatic carbocycles. The Hall–Kier alpha value is -1.81. The maximum Gasteiger partial charge on any atom is 0.134 e. The van der Waals surface area contributed by atoms with E-state index in [-0.39, 0.29) is 0 Å². The lowest BCUT2D eigenvalue weighted by molar-refractivity contribution is 0.723. The summed E-state index contributed by atoms with van der Waals surface area (Å²) in [7, 11) is 1.94. The maximum atomic E-state index is 4.65. The lowest BCUT2D eigenvalue weighted by atomic mass is 10.2. The van der Waals surface area contributed by atoms with Gasteiger partial charge in [0.25, 0.3) is 0 Å². The predicted molar refractivity (Wildman–Crippen MR) is 68.4 cm³/mol. The van der Waals surface area contributed by atoms with Gasteiger partial charge >= 0.3 is 0 Å². The molecule has 0 fully saturated rings. The van der Waals surface area contributed by atoms with Gasteiger partial charge in [0, 0.05) is 25.7 Å². The first-order valence-corrected chi connectivity index (χ1v) is 5.86. The van der Waals surface area contributed by atoms with Crippen molar-refractivity contribution in [3.63, 3.8) is 0 Å². The van der Waals surface area contributed by atoms with E-state index >= 15 is 0 Å². The highest BCUT2D eigenvalue weighted by atomic mass is 15.3. The molecule has 2 aromatic rings. The number of rotatable bonds is 2. The second-order valence-corrected chi connectivity index (χ2v) is 4.37. The molecule has 2 heterocycles. The molecule has 2 N–H and O–H groups in total. The van der Waals surface area contributed by atoms with Crippen LogP contribution in [0.15, 0.2) is 24.3 Å². The Morgan fingerprint density at radius 2 is 2.00 bits per heavy atom. The third-order valence-electron chi connectivity index (χ3n) is 3.18. The second kappa shape index (κ2) is 3.89. The Balaban J connectivity index is 2.11. The Labute approximate surface area is 101 Å². The molecule has 1 aromatic heterocycles. The van der Waals surface area contributed by atoms with Gasteiger partial charge in [-0.25, -0.2) is 4.68 Å². The Morgan fingerprint density at radius 3 is 2.71 bits per heavy atom. The van der Waals surface area contributed by atoms with Crippen molar-refractivity contribution in [1.82, 2.24) is 15.1 Å². The third-order valence-corrected chi connectivity index (χ3v) is 3.18. The zero-order valence-electron chi connectivity index (χ0n) is 10.1. The molecule has 17 heavy (non-hydrogen) atoms. The summed E-state index contributed by atoms with van der Waals surface area (Å²) >= 11 is 0. The highest BCUT2D eigenvalue weighted by Gasteiger charge is 2.21. The molecule has 4 nitrogen and oxygen atoms in total. The average molecular weight is 228 g/mol. The average Bonchev–Trinajstić information content (AvgIpc) is 2.89. The molecule has 0 atom stereocenters. The third kappa shape index (κ3) is 1.61. The molecule has 0 radical (unpaired) electrons. The molecule has 88 valence electrons. The highest BCUT2D eigenvalue weighted by Crippen LogP contribution is 2.26. The number of anilines is 1. The highest BCUT2D eigenvalue weighted by molar-refractivity contribution is 5.54. The summed E-state index contributed by atoms with van der Waals surface area (Å²) in [5.74, 6) is 1.09. The van der Waals surface area contributed by atoms with Crippen LogP contribution < -0.4 is 10.6 Å². The molecule has 0 bridgehead atoms. The minimum atomic E-state index is 0.864. The van der Waals surface area contributed by atoms with Crippen molar-refractivity contribution in [2.24, 2.45) is 0 Å². The normalized spacial score (nSPS) is 13.8. The van der Waals surface area contributed by atoms with Gasteiger partial charge in [0.1, 0.15) is 5.82 Å². The lowest BCUT2D eigenvalue weighted by Gasteiger charge is -2.09. The topological polar surface area (TPSA) is 41.9 Å². The molecule has 3 rings (SSSR count). The number of aryl methyl sites for hydroxylation is 1. The van der Waals surface area contributed by atoms with E-state index in [2.05, 4.69) is 46.9 Å². The number of benzene rings is 1. The van der Waals surface area contributed by atoms with E-state index in [0.717, 1.165) is 30.3 Å². The quantitative estimate of drug-likeness (QED) is 0.824. The summed E-state index contributed by atoms with van der Waals surface area (Å²) in [6.45, 7) is 3.86. The summed E-state index contributed by atoms with van der Waals surface area (Å²) in [6, 6.07) is 8.43. The standard InChI is InChI=1S/C13H16N4/c1-9-3-5-10(6-4-9)17-13(14-2)11-7-15-8-12(11)16-17/h3-6,14-15H,7-8H2,1-2H3. The van der Waals surface area contributed by atoms with E-state index in [4.69, 9.17) is 0 Å². The molecular weight excluding hydrogens is 212 g/mol. The first kappa shape index (κ1) is 10.4. The first-order valence-electron chi connectivity index (χ1n) is 5.86. The van der Waals surface area contributed by atoms with E-state index < -0.39 is 0 Å². The zero-order chi connectivity index (χ0) is 11.8. The molecule has 0 amide bonds. The molecule has 1 aliphatic rings. The van der Waals surface area contributed by atoms with E-state index in [1.807, 2.05) is 11.7 Å². The number of hydrogen-bond acceptors (Lipinski definition) is 3. The smallest absolute Gasteiger partial charge is 0.134 e. The summed E-state index contributed by atoms with van der Waals surface area (Å²) < 4.78 is 1.99. The fourth-order valence-electron chi connectivity index (χ4n) is 2.26. The molecule has 1 aromatic carbocycles. The van der Waals surface area contributed by atoms with Crippen LogP contribution in [0.2, 0.25) is 0 Å². The van der Waals surface area contributed by atoms with Gasteiger partial charge in [-0.05, 0) is 19.1 Å². The summed E-state index contributed by atoms with van der Waals surface area (Å²) in [5, 5.41) is 11.2.